The first-order chi connectivity index (χ1) is 7.39. The van der Waals surface area contributed by atoms with Gasteiger partial charge in [-0.1, -0.05) is 33.6 Å². The van der Waals surface area contributed by atoms with E-state index in [0.29, 0.717) is 5.02 Å². The normalized spacial score (nSPS) is 15.2. The Kier molecular flexibility index (Phi) is 4.80. The smallest absolute Gasteiger partial charge is 0.0657 e. The summed E-state index contributed by atoms with van der Waals surface area (Å²) in [6, 6.07) is 5.97. The highest BCUT2D eigenvalue weighted by atomic mass is 79.9. The van der Waals surface area contributed by atoms with Crippen molar-refractivity contribution >= 4 is 27.5 Å². The lowest BCUT2D eigenvalue weighted by molar-refractivity contribution is 0.166. The maximum Gasteiger partial charge on any atom is 0.0657 e. The van der Waals surface area contributed by atoms with E-state index in [1.807, 2.05) is 39.0 Å². The molecule has 1 unspecified atom stereocenters. The van der Waals surface area contributed by atoms with Crippen molar-refractivity contribution in [3.8, 4) is 0 Å². The molecule has 1 aromatic carbocycles. The molecular weight excluding hydrogens is 289 g/mol. The van der Waals surface area contributed by atoms with Crippen LogP contribution in [0.4, 0.5) is 0 Å². The van der Waals surface area contributed by atoms with Crippen LogP contribution in [0.1, 0.15) is 26.3 Å². The maximum atomic E-state index is 9.55. The second kappa shape index (κ2) is 5.50. The number of benzene rings is 1. The monoisotopic (exact) mass is 305 g/mol. The molecule has 0 saturated carbocycles. The molecule has 2 nitrogen and oxygen atoms in total. The summed E-state index contributed by atoms with van der Waals surface area (Å²) in [4.78, 5) is 0. The fourth-order valence-corrected chi connectivity index (χ4v) is 2.66. The van der Waals surface area contributed by atoms with E-state index in [0.717, 1.165) is 10.0 Å². The standard InChI is InChI=1S/C12H17BrClNO/c1-8(2)15-12(3,7-16)10-5-4-9(13)6-11(10)14/h4-6,8,15-16H,7H2,1-3H3. The number of halogens is 2. The Morgan fingerprint density at radius 3 is 2.56 bits per heavy atom. The number of aliphatic hydroxyl groups is 1. The molecule has 2 N–H and O–H groups in total. The lowest BCUT2D eigenvalue weighted by Crippen LogP contribution is -2.46. The number of rotatable bonds is 4. The fourth-order valence-electron chi connectivity index (χ4n) is 1.78. The van der Waals surface area contributed by atoms with E-state index in [-0.39, 0.29) is 12.6 Å². The van der Waals surface area contributed by atoms with Gasteiger partial charge in [-0.2, -0.15) is 0 Å². The summed E-state index contributed by atoms with van der Waals surface area (Å²) >= 11 is 9.56. The first-order valence-electron chi connectivity index (χ1n) is 5.23. The molecule has 16 heavy (non-hydrogen) atoms. The fraction of sp³-hybridized carbons (Fsp3) is 0.500. The van der Waals surface area contributed by atoms with Gasteiger partial charge in [0.25, 0.3) is 0 Å². The van der Waals surface area contributed by atoms with Crippen LogP contribution in [0.3, 0.4) is 0 Å². The summed E-state index contributed by atoms with van der Waals surface area (Å²) < 4.78 is 0.936. The molecule has 0 aliphatic heterocycles. The van der Waals surface area contributed by atoms with Crippen LogP contribution >= 0.6 is 27.5 Å². The van der Waals surface area contributed by atoms with Crippen molar-refractivity contribution in [2.24, 2.45) is 0 Å². The van der Waals surface area contributed by atoms with Crippen molar-refractivity contribution in [2.75, 3.05) is 6.61 Å². The minimum atomic E-state index is -0.508. The third kappa shape index (κ3) is 3.20. The molecule has 1 aromatic rings. The van der Waals surface area contributed by atoms with E-state index in [1.54, 1.807) is 0 Å². The van der Waals surface area contributed by atoms with Crippen LogP contribution in [-0.4, -0.2) is 17.8 Å². The van der Waals surface area contributed by atoms with Crippen molar-refractivity contribution in [1.82, 2.24) is 5.32 Å². The number of hydrogen-bond acceptors (Lipinski definition) is 2. The molecule has 0 amide bonds. The molecule has 90 valence electrons. The summed E-state index contributed by atoms with van der Waals surface area (Å²) in [5.74, 6) is 0. The zero-order chi connectivity index (χ0) is 12.3. The zero-order valence-corrected chi connectivity index (χ0v) is 12.1. The van der Waals surface area contributed by atoms with Gasteiger partial charge < -0.3 is 10.4 Å². The molecule has 0 fully saturated rings. The van der Waals surface area contributed by atoms with E-state index in [4.69, 9.17) is 11.6 Å². The highest BCUT2D eigenvalue weighted by Crippen LogP contribution is 2.30. The number of nitrogens with one attached hydrogen (secondary N) is 1. The first-order valence-corrected chi connectivity index (χ1v) is 6.40. The van der Waals surface area contributed by atoms with Crippen molar-refractivity contribution in [2.45, 2.75) is 32.4 Å². The average Bonchev–Trinajstić information content (AvgIpc) is 2.16. The SMILES string of the molecule is CC(C)NC(C)(CO)c1ccc(Br)cc1Cl. The van der Waals surface area contributed by atoms with E-state index < -0.39 is 5.54 Å². The Morgan fingerprint density at radius 1 is 1.50 bits per heavy atom. The van der Waals surface area contributed by atoms with Crippen LogP contribution in [0.5, 0.6) is 0 Å². The summed E-state index contributed by atoms with van der Waals surface area (Å²) in [7, 11) is 0. The lowest BCUT2D eigenvalue weighted by Gasteiger charge is -2.32. The Morgan fingerprint density at radius 2 is 2.12 bits per heavy atom. The molecule has 0 aliphatic carbocycles. The Labute approximate surface area is 110 Å². The van der Waals surface area contributed by atoms with E-state index in [2.05, 4.69) is 21.2 Å². The van der Waals surface area contributed by atoms with E-state index in [9.17, 15) is 5.11 Å². The zero-order valence-electron chi connectivity index (χ0n) is 9.72. The van der Waals surface area contributed by atoms with Crippen LogP contribution in [0, 0.1) is 0 Å². The summed E-state index contributed by atoms with van der Waals surface area (Å²) in [6.45, 7) is 6.04. The van der Waals surface area contributed by atoms with Gasteiger partial charge in [0.15, 0.2) is 0 Å². The predicted molar refractivity (Wildman–Crippen MR) is 71.9 cm³/mol. The van der Waals surface area contributed by atoms with E-state index in [1.165, 1.54) is 0 Å². The predicted octanol–water partition coefficient (Wildman–Crippen LogP) is 3.31. The van der Waals surface area contributed by atoms with Crippen molar-refractivity contribution in [3.63, 3.8) is 0 Å². The molecule has 0 saturated heterocycles. The third-order valence-corrected chi connectivity index (χ3v) is 3.26. The van der Waals surface area contributed by atoms with Gasteiger partial charge in [-0.15, -0.1) is 0 Å². The van der Waals surface area contributed by atoms with Gasteiger partial charge in [-0.3, -0.25) is 0 Å². The van der Waals surface area contributed by atoms with Gasteiger partial charge >= 0.3 is 0 Å². The van der Waals surface area contributed by atoms with Crippen LogP contribution in [0.2, 0.25) is 5.02 Å². The van der Waals surface area contributed by atoms with Gasteiger partial charge in [-0.25, -0.2) is 0 Å². The van der Waals surface area contributed by atoms with Crippen LogP contribution in [-0.2, 0) is 5.54 Å². The topological polar surface area (TPSA) is 32.3 Å². The van der Waals surface area contributed by atoms with Gasteiger partial charge in [0, 0.05) is 15.5 Å². The molecule has 0 heterocycles. The lowest BCUT2D eigenvalue weighted by atomic mass is 9.92. The minimum absolute atomic E-state index is 0.00648. The van der Waals surface area contributed by atoms with Crippen LogP contribution < -0.4 is 5.32 Å². The molecule has 4 heteroatoms. The molecule has 1 rings (SSSR count). The Hall–Kier alpha value is -0.0900. The largest absolute Gasteiger partial charge is 0.394 e. The summed E-state index contributed by atoms with van der Waals surface area (Å²) in [6.07, 6.45) is 0. The average molecular weight is 307 g/mol. The number of hydrogen-bond donors (Lipinski definition) is 2. The van der Waals surface area contributed by atoms with Crippen molar-refractivity contribution < 1.29 is 5.11 Å². The molecule has 1 atom stereocenters. The molecule has 0 radical (unpaired) electrons. The van der Waals surface area contributed by atoms with Crippen molar-refractivity contribution in [1.29, 1.82) is 0 Å². The number of aliphatic hydroxyl groups excluding tert-OH is 1. The maximum absolute atomic E-state index is 9.55. The Bertz CT molecular complexity index is 370. The summed E-state index contributed by atoms with van der Waals surface area (Å²) in [5, 5.41) is 13.5. The molecule has 0 spiro atoms. The second-order valence-corrected chi connectivity index (χ2v) is 5.74. The van der Waals surface area contributed by atoms with Gasteiger partial charge in [0.05, 0.1) is 12.1 Å². The third-order valence-electron chi connectivity index (χ3n) is 2.45. The van der Waals surface area contributed by atoms with E-state index >= 15 is 0 Å². The first kappa shape index (κ1) is 14.0. The van der Waals surface area contributed by atoms with Gasteiger partial charge in [0.2, 0.25) is 0 Å². The van der Waals surface area contributed by atoms with Crippen LogP contribution in [0.25, 0.3) is 0 Å². The minimum Gasteiger partial charge on any atom is -0.394 e. The molecular formula is C12H17BrClNO. The van der Waals surface area contributed by atoms with Crippen LogP contribution in [0.15, 0.2) is 22.7 Å². The Balaban J connectivity index is 3.12. The van der Waals surface area contributed by atoms with Gasteiger partial charge in [-0.05, 0) is 38.5 Å². The molecule has 0 bridgehead atoms. The highest BCUT2D eigenvalue weighted by Gasteiger charge is 2.28. The highest BCUT2D eigenvalue weighted by molar-refractivity contribution is 9.10. The van der Waals surface area contributed by atoms with Gasteiger partial charge in [0.1, 0.15) is 0 Å². The molecule has 0 aliphatic rings. The molecule has 0 aromatic heterocycles. The summed E-state index contributed by atoms with van der Waals surface area (Å²) in [5.41, 5.74) is 0.403. The quantitative estimate of drug-likeness (QED) is 0.894. The van der Waals surface area contributed by atoms with Crippen molar-refractivity contribution in [3.05, 3.63) is 33.3 Å². The second-order valence-electron chi connectivity index (χ2n) is 4.41.